The number of nitrogens with one attached hydrogen (secondary N) is 1. The lowest BCUT2D eigenvalue weighted by atomic mass is 9.98. The maximum absolute atomic E-state index is 14.5. The molecule has 0 saturated carbocycles. The van der Waals surface area contributed by atoms with Crippen LogP contribution in [0.3, 0.4) is 0 Å². The van der Waals surface area contributed by atoms with E-state index in [2.05, 4.69) is 5.32 Å². The number of thiophene rings is 1. The first-order chi connectivity index (χ1) is 14.6. The molecule has 1 aromatic heterocycles. The van der Waals surface area contributed by atoms with E-state index in [4.69, 9.17) is 0 Å². The Labute approximate surface area is 181 Å². The van der Waals surface area contributed by atoms with Gasteiger partial charge in [-0.1, -0.05) is 59.9 Å². The van der Waals surface area contributed by atoms with Crippen molar-refractivity contribution in [1.29, 1.82) is 0 Å². The summed E-state index contributed by atoms with van der Waals surface area (Å²) in [6.45, 7) is 0. The van der Waals surface area contributed by atoms with Crippen LogP contribution in [0.25, 0.3) is 15.7 Å². The van der Waals surface area contributed by atoms with Gasteiger partial charge in [0.05, 0.1) is 0 Å². The molecule has 2 N–H and O–H groups in total. The smallest absolute Gasteiger partial charge is 0.260 e. The molecule has 4 rings (SSSR count). The third-order valence-electron chi connectivity index (χ3n) is 4.70. The number of hydrogen-bond donors (Lipinski definition) is 2. The summed E-state index contributed by atoms with van der Waals surface area (Å²) in [7, 11) is 0. The molecular formula is C24H18FNO2S2. The molecule has 0 atom stereocenters. The molecule has 30 heavy (non-hydrogen) atoms. The van der Waals surface area contributed by atoms with Crippen LogP contribution in [-0.2, 0) is 0 Å². The zero-order valence-corrected chi connectivity index (χ0v) is 17.7. The van der Waals surface area contributed by atoms with E-state index in [0.29, 0.717) is 16.5 Å². The molecule has 0 radical (unpaired) electrons. The van der Waals surface area contributed by atoms with Crippen LogP contribution < -0.4 is 5.32 Å². The van der Waals surface area contributed by atoms with E-state index in [0.717, 1.165) is 26.5 Å². The van der Waals surface area contributed by atoms with Gasteiger partial charge in [0.15, 0.2) is 5.06 Å². The van der Waals surface area contributed by atoms with Gasteiger partial charge in [-0.05, 0) is 36.1 Å². The van der Waals surface area contributed by atoms with E-state index in [1.807, 2.05) is 54.8 Å². The van der Waals surface area contributed by atoms with Gasteiger partial charge >= 0.3 is 0 Å². The fourth-order valence-electron chi connectivity index (χ4n) is 3.23. The van der Waals surface area contributed by atoms with Crippen molar-refractivity contribution >= 4 is 44.7 Å². The van der Waals surface area contributed by atoms with Gasteiger partial charge in [0, 0.05) is 32.3 Å². The molecule has 150 valence electrons. The molecule has 1 heterocycles. The highest BCUT2D eigenvalue weighted by Gasteiger charge is 2.19. The van der Waals surface area contributed by atoms with E-state index >= 15 is 0 Å². The first-order valence-electron chi connectivity index (χ1n) is 9.19. The fourth-order valence-corrected chi connectivity index (χ4v) is 4.59. The van der Waals surface area contributed by atoms with E-state index in [9.17, 15) is 14.3 Å². The van der Waals surface area contributed by atoms with Gasteiger partial charge in [0.2, 0.25) is 0 Å². The molecule has 0 aliphatic rings. The van der Waals surface area contributed by atoms with Crippen LogP contribution in [0.5, 0.6) is 5.06 Å². The van der Waals surface area contributed by atoms with Gasteiger partial charge < -0.3 is 10.4 Å². The lowest BCUT2D eigenvalue weighted by molar-refractivity contribution is 0.0970. The third-order valence-corrected chi connectivity index (χ3v) is 6.40. The second-order valence-electron chi connectivity index (χ2n) is 6.52. The summed E-state index contributed by atoms with van der Waals surface area (Å²) < 4.78 is 15.3. The van der Waals surface area contributed by atoms with Crippen molar-refractivity contribution in [2.75, 3.05) is 6.26 Å². The molecule has 0 spiro atoms. The largest absolute Gasteiger partial charge is 0.499 e. The summed E-state index contributed by atoms with van der Waals surface area (Å²) in [6.07, 6.45) is 3.45. The predicted octanol–water partition coefficient (Wildman–Crippen LogP) is 6.29. The van der Waals surface area contributed by atoms with Crippen molar-refractivity contribution in [3.05, 3.63) is 102 Å². The number of amides is 1. The van der Waals surface area contributed by atoms with Crippen molar-refractivity contribution < 1.29 is 14.3 Å². The minimum atomic E-state index is -0.443. The van der Waals surface area contributed by atoms with Crippen LogP contribution in [0.1, 0.15) is 21.5 Å². The number of benzene rings is 3. The summed E-state index contributed by atoms with van der Waals surface area (Å²) in [4.78, 5) is 14.0. The van der Waals surface area contributed by atoms with Crippen molar-refractivity contribution in [2.45, 2.75) is 4.90 Å². The Morgan fingerprint density at radius 1 is 1.07 bits per heavy atom. The Morgan fingerprint density at radius 2 is 1.80 bits per heavy atom. The number of halogens is 1. The van der Waals surface area contributed by atoms with Crippen molar-refractivity contribution in [2.24, 2.45) is 0 Å². The number of fused-ring (bicyclic) bond motifs is 1. The van der Waals surface area contributed by atoms with Gasteiger partial charge in [-0.25, -0.2) is 4.39 Å². The molecule has 3 nitrogen and oxygen atoms in total. The monoisotopic (exact) mass is 435 g/mol. The molecule has 4 aromatic rings. The molecule has 0 saturated heterocycles. The molecular weight excluding hydrogens is 417 g/mol. The average Bonchev–Trinajstić information content (AvgIpc) is 3.10. The lowest BCUT2D eigenvalue weighted by Crippen LogP contribution is -2.17. The van der Waals surface area contributed by atoms with Crippen molar-refractivity contribution in [3.8, 4) is 5.06 Å². The summed E-state index contributed by atoms with van der Waals surface area (Å²) in [6, 6.07) is 21.5. The van der Waals surface area contributed by atoms with Crippen LogP contribution in [0.15, 0.2) is 83.9 Å². The Bertz CT molecular complexity index is 1250. The highest BCUT2D eigenvalue weighted by molar-refractivity contribution is 7.98. The van der Waals surface area contributed by atoms with Crippen LogP contribution in [0.4, 0.5) is 4.39 Å². The Hall–Kier alpha value is -3.09. The molecule has 0 aliphatic carbocycles. The van der Waals surface area contributed by atoms with E-state index in [-0.39, 0.29) is 16.4 Å². The van der Waals surface area contributed by atoms with Gasteiger partial charge in [-0.3, -0.25) is 4.79 Å². The van der Waals surface area contributed by atoms with Crippen molar-refractivity contribution in [1.82, 2.24) is 5.32 Å². The molecule has 3 aromatic carbocycles. The number of rotatable bonds is 5. The maximum atomic E-state index is 14.5. The third kappa shape index (κ3) is 3.97. The van der Waals surface area contributed by atoms with Crippen molar-refractivity contribution in [3.63, 3.8) is 0 Å². The standard InChI is InChI=1S/C24H18FNO2S2/c1-29-16-11-12-21-18(13-16)22(24(28)30-21)23(27)26-14-19(15-7-3-2-4-8-15)17-9-5-6-10-20(17)25/h2-14,28H,1H3,(H,26,27). The van der Waals surface area contributed by atoms with Crippen LogP contribution in [0, 0.1) is 5.82 Å². The minimum absolute atomic E-state index is 0.0405. The summed E-state index contributed by atoms with van der Waals surface area (Å²) in [5.41, 5.74) is 1.93. The van der Waals surface area contributed by atoms with Crippen LogP contribution in [-0.4, -0.2) is 17.3 Å². The topological polar surface area (TPSA) is 49.3 Å². The van der Waals surface area contributed by atoms with Gasteiger partial charge in [0.1, 0.15) is 11.4 Å². The first kappa shape index (κ1) is 20.2. The maximum Gasteiger partial charge on any atom is 0.260 e. The van der Waals surface area contributed by atoms with E-state index in [1.54, 1.807) is 30.0 Å². The zero-order valence-electron chi connectivity index (χ0n) is 16.1. The lowest BCUT2D eigenvalue weighted by Gasteiger charge is -2.10. The Morgan fingerprint density at radius 3 is 2.53 bits per heavy atom. The number of aromatic hydroxyl groups is 1. The fraction of sp³-hybridized carbons (Fsp3) is 0.0417. The minimum Gasteiger partial charge on any atom is -0.499 e. The molecule has 0 bridgehead atoms. The number of carbonyl (C=O) groups excluding carboxylic acids is 1. The summed E-state index contributed by atoms with van der Waals surface area (Å²) in [5, 5.41) is 13.8. The molecule has 0 unspecified atom stereocenters. The average molecular weight is 436 g/mol. The zero-order chi connectivity index (χ0) is 21.1. The summed E-state index contributed by atoms with van der Waals surface area (Å²) >= 11 is 2.73. The highest BCUT2D eigenvalue weighted by Crippen LogP contribution is 2.38. The SMILES string of the molecule is CSc1ccc2sc(O)c(C(=O)NC=C(c3ccccc3)c3ccccc3F)c2c1. The second kappa shape index (κ2) is 8.73. The second-order valence-corrected chi connectivity index (χ2v) is 8.43. The number of thioether (sulfide) groups is 1. The molecule has 0 aliphatic heterocycles. The quantitative estimate of drug-likeness (QED) is 0.362. The molecule has 1 amide bonds. The van der Waals surface area contributed by atoms with Crippen LogP contribution >= 0.6 is 23.1 Å². The van der Waals surface area contributed by atoms with E-state index < -0.39 is 5.91 Å². The van der Waals surface area contributed by atoms with Gasteiger partial charge in [0.25, 0.3) is 5.91 Å². The van der Waals surface area contributed by atoms with Gasteiger partial charge in [-0.15, -0.1) is 11.8 Å². The number of hydrogen-bond acceptors (Lipinski definition) is 4. The predicted molar refractivity (Wildman–Crippen MR) is 123 cm³/mol. The molecule has 6 heteroatoms. The highest BCUT2D eigenvalue weighted by atomic mass is 32.2. The Kier molecular flexibility index (Phi) is 5.88. The number of carbonyl (C=O) groups is 1. The van der Waals surface area contributed by atoms with Gasteiger partial charge in [-0.2, -0.15) is 0 Å². The van der Waals surface area contributed by atoms with E-state index in [1.165, 1.54) is 12.3 Å². The first-order valence-corrected chi connectivity index (χ1v) is 11.2. The van der Waals surface area contributed by atoms with Crippen LogP contribution in [0.2, 0.25) is 0 Å². The molecule has 0 fully saturated rings. The Balaban J connectivity index is 1.75. The summed E-state index contributed by atoms with van der Waals surface area (Å²) in [5.74, 6) is -0.822. The normalized spacial score (nSPS) is 11.6.